The predicted molar refractivity (Wildman–Crippen MR) is 38.1 cm³/mol. The molecule has 58 valence electrons. The van der Waals surface area contributed by atoms with Crippen LogP contribution in [-0.4, -0.2) is 6.21 Å². The van der Waals surface area contributed by atoms with Gasteiger partial charge in [-0.15, -0.1) is 0 Å². The van der Waals surface area contributed by atoms with Gasteiger partial charge in [0, 0.05) is 0 Å². The number of hydrogen-bond donors (Lipinski definition) is 1. The summed E-state index contributed by atoms with van der Waals surface area (Å²) >= 11 is 0. The minimum Gasteiger partial charge on any atom is -0.323 e. The maximum Gasteiger partial charge on any atom is 0.134 e. The van der Waals surface area contributed by atoms with Crippen LogP contribution < -0.4 is 5.84 Å². The fraction of sp³-hybridized carbons (Fsp3) is 0. The van der Waals surface area contributed by atoms with Crippen LogP contribution in [0.15, 0.2) is 23.3 Å². The Morgan fingerprint density at radius 2 is 1.82 bits per heavy atom. The van der Waals surface area contributed by atoms with E-state index in [0.717, 1.165) is 18.3 Å². The van der Waals surface area contributed by atoms with E-state index in [9.17, 15) is 8.78 Å². The third-order valence-electron chi connectivity index (χ3n) is 1.20. The molecule has 0 radical (unpaired) electrons. The van der Waals surface area contributed by atoms with Crippen molar-refractivity contribution in [1.82, 2.24) is 0 Å². The summed E-state index contributed by atoms with van der Waals surface area (Å²) in [7, 11) is 0. The van der Waals surface area contributed by atoms with Crippen molar-refractivity contribution in [3.05, 3.63) is 35.4 Å². The maximum atomic E-state index is 12.7. The molecule has 0 bridgehead atoms. The highest BCUT2D eigenvalue weighted by Gasteiger charge is 2.03. The highest BCUT2D eigenvalue weighted by molar-refractivity contribution is 5.79. The fourth-order valence-electron chi connectivity index (χ4n) is 0.709. The van der Waals surface area contributed by atoms with E-state index in [1.54, 1.807) is 0 Å². The van der Waals surface area contributed by atoms with Crippen molar-refractivity contribution < 1.29 is 8.78 Å². The van der Waals surface area contributed by atoms with Crippen molar-refractivity contribution in [1.29, 1.82) is 0 Å². The average molecular weight is 156 g/mol. The Balaban J connectivity index is 3.20. The molecule has 2 N–H and O–H groups in total. The number of benzene rings is 1. The normalized spacial score (nSPS) is 10.7. The van der Waals surface area contributed by atoms with E-state index < -0.39 is 11.6 Å². The van der Waals surface area contributed by atoms with Crippen LogP contribution >= 0.6 is 0 Å². The van der Waals surface area contributed by atoms with Gasteiger partial charge in [0.05, 0.1) is 11.8 Å². The molecular formula is C7H6F2N2. The van der Waals surface area contributed by atoms with E-state index in [0.29, 0.717) is 0 Å². The second-order valence-electron chi connectivity index (χ2n) is 1.91. The average Bonchev–Trinajstić information content (AvgIpc) is 1.97. The zero-order valence-electron chi connectivity index (χ0n) is 5.59. The van der Waals surface area contributed by atoms with Crippen molar-refractivity contribution >= 4 is 6.21 Å². The first-order valence-electron chi connectivity index (χ1n) is 2.93. The van der Waals surface area contributed by atoms with Gasteiger partial charge >= 0.3 is 0 Å². The molecular weight excluding hydrogens is 150 g/mol. The molecule has 0 aliphatic carbocycles. The molecule has 0 amide bonds. The van der Waals surface area contributed by atoms with E-state index >= 15 is 0 Å². The quantitative estimate of drug-likeness (QED) is 0.371. The number of halogens is 2. The zero-order valence-corrected chi connectivity index (χ0v) is 5.59. The van der Waals surface area contributed by atoms with Crippen LogP contribution in [0.5, 0.6) is 0 Å². The van der Waals surface area contributed by atoms with Gasteiger partial charge in [0.25, 0.3) is 0 Å². The molecule has 0 heterocycles. The summed E-state index contributed by atoms with van der Waals surface area (Å²) in [6.07, 6.45) is 0.935. The molecule has 4 heteroatoms. The molecule has 1 rings (SSSR count). The SMILES string of the molecule is N/N=C/c1c(F)cccc1F. The van der Waals surface area contributed by atoms with Crippen LogP contribution in [0.2, 0.25) is 0 Å². The van der Waals surface area contributed by atoms with Crippen LogP contribution in [0.3, 0.4) is 0 Å². The first-order chi connectivity index (χ1) is 5.25. The maximum absolute atomic E-state index is 12.7. The van der Waals surface area contributed by atoms with Gasteiger partial charge in [-0.2, -0.15) is 5.10 Å². The van der Waals surface area contributed by atoms with Crippen molar-refractivity contribution in [3.8, 4) is 0 Å². The molecule has 1 aromatic rings. The van der Waals surface area contributed by atoms with Crippen molar-refractivity contribution in [2.24, 2.45) is 10.9 Å². The fourth-order valence-corrected chi connectivity index (χ4v) is 0.709. The summed E-state index contributed by atoms with van der Waals surface area (Å²) in [5.41, 5.74) is -0.213. The molecule has 0 fully saturated rings. The van der Waals surface area contributed by atoms with Crippen LogP contribution in [0, 0.1) is 11.6 Å². The third kappa shape index (κ3) is 1.52. The van der Waals surface area contributed by atoms with Gasteiger partial charge in [-0.1, -0.05) is 6.07 Å². The molecule has 0 aliphatic heterocycles. The molecule has 0 saturated carbocycles. The Kier molecular flexibility index (Phi) is 2.15. The third-order valence-corrected chi connectivity index (χ3v) is 1.20. The van der Waals surface area contributed by atoms with Crippen molar-refractivity contribution in [3.63, 3.8) is 0 Å². The van der Waals surface area contributed by atoms with Crippen molar-refractivity contribution in [2.75, 3.05) is 0 Å². The first kappa shape index (κ1) is 7.65. The Hall–Kier alpha value is -1.45. The summed E-state index contributed by atoms with van der Waals surface area (Å²) in [5.74, 6) is 3.40. The number of hydrogen-bond acceptors (Lipinski definition) is 2. The summed E-state index contributed by atoms with van der Waals surface area (Å²) in [5, 5.41) is 3.02. The summed E-state index contributed by atoms with van der Waals surface area (Å²) in [6, 6.07) is 3.55. The van der Waals surface area contributed by atoms with Gasteiger partial charge in [0.15, 0.2) is 0 Å². The van der Waals surface area contributed by atoms with Gasteiger partial charge < -0.3 is 5.84 Å². The lowest BCUT2D eigenvalue weighted by Gasteiger charge is -1.95. The second kappa shape index (κ2) is 3.09. The Morgan fingerprint density at radius 3 is 2.27 bits per heavy atom. The van der Waals surface area contributed by atoms with Crippen LogP contribution in [0.1, 0.15) is 5.56 Å². The summed E-state index contributed by atoms with van der Waals surface area (Å²) < 4.78 is 25.3. The lowest BCUT2D eigenvalue weighted by Crippen LogP contribution is -1.95. The largest absolute Gasteiger partial charge is 0.323 e. The first-order valence-corrected chi connectivity index (χ1v) is 2.93. The molecule has 1 aromatic carbocycles. The molecule has 0 aromatic heterocycles. The molecule has 0 spiro atoms. The van der Waals surface area contributed by atoms with E-state index in [4.69, 9.17) is 5.84 Å². The lowest BCUT2D eigenvalue weighted by atomic mass is 10.2. The minimum absolute atomic E-state index is 0.213. The second-order valence-corrected chi connectivity index (χ2v) is 1.91. The molecule has 11 heavy (non-hydrogen) atoms. The van der Waals surface area contributed by atoms with E-state index in [1.165, 1.54) is 6.07 Å². The van der Waals surface area contributed by atoms with E-state index in [-0.39, 0.29) is 5.56 Å². The highest BCUT2D eigenvalue weighted by Crippen LogP contribution is 2.08. The molecule has 0 saturated heterocycles. The number of nitrogens with zero attached hydrogens (tertiary/aromatic N) is 1. The van der Waals surface area contributed by atoms with Gasteiger partial charge in [0.1, 0.15) is 11.6 Å². The monoisotopic (exact) mass is 156 g/mol. The van der Waals surface area contributed by atoms with Crippen LogP contribution in [0.25, 0.3) is 0 Å². The molecule has 0 aliphatic rings. The topological polar surface area (TPSA) is 38.4 Å². The van der Waals surface area contributed by atoms with E-state index in [1.807, 2.05) is 0 Å². The zero-order chi connectivity index (χ0) is 8.27. The van der Waals surface area contributed by atoms with Gasteiger partial charge in [-0.05, 0) is 12.1 Å². The van der Waals surface area contributed by atoms with Crippen LogP contribution in [0.4, 0.5) is 8.78 Å². The molecule has 2 nitrogen and oxygen atoms in total. The number of hydrazone groups is 1. The number of rotatable bonds is 1. The minimum atomic E-state index is -0.667. The van der Waals surface area contributed by atoms with Crippen molar-refractivity contribution in [2.45, 2.75) is 0 Å². The van der Waals surface area contributed by atoms with Gasteiger partial charge in [-0.25, -0.2) is 8.78 Å². The van der Waals surface area contributed by atoms with Gasteiger partial charge in [0.2, 0.25) is 0 Å². The predicted octanol–water partition coefficient (Wildman–Crippen LogP) is 1.26. The van der Waals surface area contributed by atoms with E-state index in [2.05, 4.69) is 5.10 Å². The molecule has 0 unspecified atom stereocenters. The Morgan fingerprint density at radius 1 is 1.27 bits per heavy atom. The summed E-state index contributed by atoms with van der Waals surface area (Å²) in [6.45, 7) is 0. The Labute approximate surface area is 62.3 Å². The van der Waals surface area contributed by atoms with Gasteiger partial charge in [-0.3, -0.25) is 0 Å². The Bertz CT molecular complexity index is 264. The van der Waals surface area contributed by atoms with Crippen LogP contribution in [-0.2, 0) is 0 Å². The summed E-state index contributed by atoms with van der Waals surface area (Å²) in [4.78, 5) is 0. The molecule has 0 atom stereocenters. The highest BCUT2D eigenvalue weighted by atomic mass is 19.1. The lowest BCUT2D eigenvalue weighted by molar-refractivity contribution is 0.580. The standard InChI is InChI=1S/C7H6F2N2/c8-6-2-1-3-7(9)5(6)4-11-10/h1-4H,10H2/b11-4+. The smallest absolute Gasteiger partial charge is 0.134 e. The number of nitrogens with two attached hydrogens (primary N) is 1.